The standard InChI is InChI=1S/C19H25IOSi/c1-19(2,3)22(21-16-10-15-20,17-11-6-4-7-12-17)18-13-8-5-9-14-18/h4-9,11-14H,10,15-16H2,1-3H3. The van der Waals surface area contributed by atoms with Crippen molar-refractivity contribution in [2.75, 3.05) is 11.0 Å². The molecule has 0 radical (unpaired) electrons. The minimum absolute atomic E-state index is 0.0843. The van der Waals surface area contributed by atoms with Crippen LogP contribution in [0.5, 0.6) is 0 Å². The maximum absolute atomic E-state index is 6.74. The van der Waals surface area contributed by atoms with Gasteiger partial charge in [-0.3, -0.25) is 0 Å². The molecule has 0 saturated carbocycles. The van der Waals surface area contributed by atoms with Gasteiger partial charge < -0.3 is 4.43 Å². The van der Waals surface area contributed by atoms with Crippen LogP contribution in [0.15, 0.2) is 60.7 Å². The van der Waals surface area contributed by atoms with E-state index in [2.05, 4.69) is 104 Å². The average Bonchev–Trinajstić information content (AvgIpc) is 2.52. The van der Waals surface area contributed by atoms with E-state index < -0.39 is 8.32 Å². The molecule has 2 aromatic carbocycles. The molecule has 2 aromatic rings. The van der Waals surface area contributed by atoms with Gasteiger partial charge in [0.1, 0.15) is 0 Å². The molecule has 0 aliphatic carbocycles. The van der Waals surface area contributed by atoms with Gasteiger partial charge in [0.15, 0.2) is 0 Å². The Hall–Kier alpha value is -0.653. The van der Waals surface area contributed by atoms with Crippen LogP contribution in [-0.2, 0) is 4.43 Å². The lowest BCUT2D eigenvalue weighted by Crippen LogP contribution is -2.66. The van der Waals surface area contributed by atoms with Crippen molar-refractivity contribution in [1.29, 1.82) is 0 Å². The zero-order valence-electron chi connectivity index (χ0n) is 13.7. The van der Waals surface area contributed by atoms with Gasteiger partial charge in [0.05, 0.1) is 0 Å². The molecule has 0 N–H and O–H groups in total. The van der Waals surface area contributed by atoms with Crippen LogP contribution in [0, 0.1) is 0 Å². The zero-order valence-corrected chi connectivity index (χ0v) is 16.8. The second-order valence-electron chi connectivity index (χ2n) is 6.55. The summed E-state index contributed by atoms with van der Waals surface area (Å²) in [7, 11) is -2.29. The fourth-order valence-corrected chi connectivity index (χ4v) is 7.96. The predicted molar refractivity (Wildman–Crippen MR) is 107 cm³/mol. The van der Waals surface area contributed by atoms with E-state index in [1.54, 1.807) is 0 Å². The Morgan fingerprint density at radius 1 is 0.864 bits per heavy atom. The summed E-state index contributed by atoms with van der Waals surface area (Å²) in [6, 6.07) is 21.7. The second-order valence-corrected chi connectivity index (χ2v) is 11.9. The summed E-state index contributed by atoms with van der Waals surface area (Å²) in [6.07, 6.45) is 1.10. The highest BCUT2D eigenvalue weighted by Gasteiger charge is 2.49. The van der Waals surface area contributed by atoms with Crippen LogP contribution < -0.4 is 10.4 Å². The summed E-state index contributed by atoms with van der Waals surface area (Å²) < 4.78 is 7.88. The Kier molecular flexibility index (Phi) is 6.23. The van der Waals surface area contributed by atoms with Gasteiger partial charge >= 0.3 is 0 Å². The van der Waals surface area contributed by atoms with E-state index in [1.807, 2.05) is 0 Å². The second kappa shape index (κ2) is 7.75. The van der Waals surface area contributed by atoms with E-state index in [0.29, 0.717) is 0 Å². The maximum atomic E-state index is 6.74. The van der Waals surface area contributed by atoms with Gasteiger partial charge in [0.25, 0.3) is 8.32 Å². The molecular weight excluding hydrogens is 399 g/mol. The molecule has 0 heterocycles. The van der Waals surface area contributed by atoms with Crippen molar-refractivity contribution >= 4 is 41.3 Å². The van der Waals surface area contributed by atoms with Crippen molar-refractivity contribution in [1.82, 2.24) is 0 Å². The molecule has 0 bridgehead atoms. The third kappa shape index (κ3) is 3.63. The Morgan fingerprint density at radius 2 is 1.32 bits per heavy atom. The fraction of sp³-hybridized carbons (Fsp3) is 0.368. The number of hydrogen-bond acceptors (Lipinski definition) is 1. The van der Waals surface area contributed by atoms with Crippen molar-refractivity contribution < 1.29 is 4.43 Å². The summed E-state index contributed by atoms with van der Waals surface area (Å²) in [4.78, 5) is 0. The first-order valence-corrected chi connectivity index (χ1v) is 11.3. The molecule has 0 saturated heterocycles. The first-order chi connectivity index (χ1) is 10.5. The lowest BCUT2D eigenvalue weighted by Gasteiger charge is -2.43. The normalized spacial score (nSPS) is 12.4. The smallest absolute Gasteiger partial charge is 0.261 e. The van der Waals surface area contributed by atoms with E-state index in [4.69, 9.17) is 4.43 Å². The van der Waals surface area contributed by atoms with Crippen LogP contribution in [0.4, 0.5) is 0 Å². The molecule has 3 heteroatoms. The Morgan fingerprint density at radius 3 is 1.68 bits per heavy atom. The molecule has 1 nitrogen and oxygen atoms in total. The largest absolute Gasteiger partial charge is 0.407 e. The Bertz CT molecular complexity index is 523. The van der Waals surface area contributed by atoms with Gasteiger partial charge in [-0.2, -0.15) is 0 Å². The molecule has 118 valence electrons. The summed E-state index contributed by atoms with van der Waals surface area (Å²) in [5, 5.41) is 2.81. The van der Waals surface area contributed by atoms with E-state index in [9.17, 15) is 0 Å². The lowest BCUT2D eigenvalue weighted by molar-refractivity contribution is 0.299. The minimum atomic E-state index is -2.29. The van der Waals surface area contributed by atoms with E-state index >= 15 is 0 Å². The SMILES string of the molecule is CC(C)(C)[Si](OCCCI)(c1ccccc1)c1ccccc1. The Labute approximate surface area is 149 Å². The van der Waals surface area contributed by atoms with Crippen molar-refractivity contribution in [2.45, 2.75) is 32.2 Å². The summed E-state index contributed by atoms with van der Waals surface area (Å²) >= 11 is 2.42. The van der Waals surface area contributed by atoms with E-state index in [0.717, 1.165) is 17.5 Å². The molecule has 0 aliphatic rings. The third-order valence-electron chi connectivity index (χ3n) is 4.01. The first kappa shape index (κ1) is 17.7. The van der Waals surface area contributed by atoms with Gasteiger partial charge in [0.2, 0.25) is 0 Å². The van der Waals surface area contributed by atoms with E-state index in [1.165, 1.54) is 10.4 Å². The zero-order chi connectivity index (χ0) is 16.1. The molecule has 22 heavy (non-hydrogen) atoms. The number of hydrogen-bond donors (Lipinski definition) is 0. The van der Waals surface area contributed by atoms with Gasteiger partial charge in [-0.15, -0.1) is 0 Å². The summed E-state index contributed by atoms with van der Waals surface area (Å²) in [5.74, 6) is 0. The van der Waals surface area contributed by atoms with Crippen molar-refractivity contribution in [3.8, 4) is 0 Å². The lowest BCUT2D eigenvalue weighted by atomic mass is 10.2. The highest BCUT2D eigenvalue weighted by molar-refractivity contribution is 14.1. The van der Waals surface area contributed by atoms with Gasteiger partial charge in [0, 0.05) is 11.0 Å². The molecule has 0 amide bonds. The van der Waals surface area contributed by atoms with Crippen LogP contribution in [-0.4, -0.2) is 19.4 Å². The van der Waals surface area contributed by atoms with Gasteiger partial charge in [-0.05, 0) is 21.8 Å². The third-order valence-corrected chi connectivity index (χ3v) is 9.82. The fourth-order valence-electron chi connectivity index (χ4n) is 3.04. The van der Waals surface area contributed by atoms with Crippen LogP contribution >= 0.6 is 22.6 Å². The molecule has 0 fully saturated rings. The number of benzene rings is 2. The molecule has 0 aromatic heterocycles. The quantitative estimate of drug-likeness (QED) is 0.289. The van der Waals surface area contributed by atoms with Crippen LogP contribution in [0.3, 0.4) is 0 Å². The number of rotatable bonds is 6. The predicted octanol–water partition coefficient (Wildman–Crippen LogP) is 4.39. The van der Waals surface area contributed by atoms with E-state index in [-0.39, 0.29) is 5.04 Å². The molecule has 0 atom stereocenters. The highest BCUT2D eigenvalue weighted by Crippen LogP contribution is 2.36. The molecular formula is C19H25IOSi. The topological polar surface area (TPSA) is 9.23 Å². The molecule has 0 aliphatic heterocycles. The van der Waals surface area contributed by atoms with Crippen molar-refractivity contribution in [3.63, 3.8) is 0 Å². The van der Waals surface area contributed by atoms with Gasteiger partial charge in [-0.25, -0.2) is 0 Å². The summed E-state index contributed by atoms with van der Waals surface area (Å²) in [5.41, 5.74) is 0. The first-order valence-electron chi connectivity index (χ1n) is 7.83. The average molecular weight is 424 g/mol. The van der Waals surface area contributed by atoms with Crippen LogP contribution in [0.25, 0.3) is 0 Å². The number of alkyl halides is 1. The maximum Gasteiger partial charge on any atom is 0.261 e. The molecule has 0 unspecified atom stereocenters. The summed E-state index contributed by atoms with van der Waals surface area (Å²) in [6.45, 7) is 7.80. The van der Waals surface area contributed by atoms with Crippen LogP contribution in [0.2, 0.25) is 5.04 Å². The van der Waals surface area contributed by atoms with Crippen molar-refractivity contribution in [3.05, 3.63) is 60.7 Å². The molecule has 2 rings (SSSR count). The Balaban J connectivity index is 2.59. The van der Waals surface area contributed by atoms with Crippen LogP contribution in [0.1, 0.15) is 27.2 Å². The number of halogens is 1. The highest BCUT2D eigenvalue weighted by atomic mass is 127. The van der Waals surface area contributed by atoms with Gasteiger partial charge in [-0.1, -0.05) is 104 Å². The monoisotopic (exact) mass is 424 g/mol. The minimum Gasteiger partial charge on any atom is -0.407 e. The molecule has 0 spiro atoms. The van der Waals surface area contributed by atoms with Crippen molar-refractivity contribution in [2.24, 2.45) is 0 Å².